The Morgan fingerprint density at radius 3 is 2.42 bits per heavy atom. The molecule has 0 radical (unpaired) electrons. The van der Waals surface area contributed by atoms with E-state index in [1.54, 1.807) is 6.08 Å². The summed E-state index contributed by atoms with van der Waals surface area (Å²) in [4.78, 5) is 12.2. The molecule has 2 rings (SSSR count). The van der Waals surface area contributed by atoms with Gasteiger partial charge in [0.15, 0.2) is 0 Å². The molecule has 26 heavy (non-hydrogen) atoms. The summed E-state index contributed by atoms with van der Waals surface area (Å²) in [6, 6.07) is 17.0. The lowest BCUT2D eigenvalue weighted by atomic mass is 9.94. The third kappa shape index (κ3) is 7.27. The van der Waals surface area contributed by atoms with Gasteiger partial charge in [-0.3, -0.25) is 9.35 Å². The third-order valence-electron chi connectivity index (χ3n) is 3.76. The molecule has 138 valence electrons. The van der Waals surface area contributed by atoms with Crippen LogP contribution in [-0.4, -0.2) is 24.6 Å². The maximum atomic E-state index is 12.2. The molecule has 0 aliphatic carbocycles. The highest BCUT2D eigenvalue weighted by Gasteiger charge is 2.12. The van der Waals surface area contributed by atoms with Crippen LogP contribution in [0.5, 0.6) is 0 Å². The molecular weight excluding hydrogens is 465 g/mol. The second kappa shape index (κ2) is 9.84. The molecule has 2 aromatic carbocycles. The van der Waals surface area contributed by atoms with Crippen LogP contribution >= 0.6 is 22.6 Å². The fourth-order valence-corrected chi connectivity index (χ4v) is 3.55. The van der Waals surface area contributed by atoms with Gasteiger partial charge in [0.1, 0.15) is 0 Å². The van der Waals surface area contributed by atoms with Gasteiger partial charge in [0.05, 0.1) is 11.4 Å². The van der Waals surface area contributed by atoms with E-state index >= 15 is 0 Å². The van der Waals surface area contributed by atoms with Crippen molar-refractivity contribution in [1.29, 1.82) is 0 Å². The van der Waals surface area contributed by atoms with Crippen LogP contribution in [-0.2, 0) is 14.9 Å². The quantitative estimate of drug-likeness (QED) is 0.333. The van der Waals surface area contributed by atoms with E-state index < -0.39 is 10.1 Å². The van der Waals surface area contributed by atoms with Crippen molar-refractivity contribution < 1.29 is 17.8 Å². The number of carbonyl (C=O) groups excluding carboxylic acids is 1. The van der Waals surface area contributed by atoms with Crippen molar-refractivity contribution in [2.75, 3.05) is 11.1 Å². The zero-order valence-corrected chi connectivity index (χ0v) is 17.0. The molecule has 2 N–H and O–H groups in total. The monoisotopic (exact) mass is 485 g/mol. The van der Waals surface area contributed by atoms with E-state index in [0.717, 1.165) is 14.8 Å². The minimum Gasteiger partial charge on any atom is -0.322 e. The Labute approximate surface area is 167 Å². The van der Waals surface area contributed by atoms with Crippen molar-refractivity contribution in [1.82, 2.24) is 0 Å². The van der Waals surface area contributed by atoms with Crippen molar-refractivity contribution in [3.63, 3.8) is 0 Å². The van der Waals surface area contributed by atoms with Crippen LogP contribution in [0.4, 0.5) is 5.69 Å². The molecule has 0 bridgehead atoms. The summed E-state index contributed by atoms with van der Waals surface area (Å²) in [5.74, 6) is -0.651. The van der Waals surface area contributed by atoms with E-state index in [1.807, 2.05) is 54.6 Å². The summed E-state index contributed by atoms with van der Waals surface area (Å²) in [5, 5.41) is 2.83. The first-order valence-corrected chi connectivity index (χ1v) is 10.8. The minimum absolute atomic E-state index is 0.112. The summed E-state index contributed by atoms with van der Waals surface area (Å²) in [5.41, 5.74) is 1.73. The van der Waals surface area contributed by atoms with Gasteiger partial charge in [-0.25, -0.2) is 0 Å². The Bertz CT molecular complexity index is 866. The predicted molar refractivity (Wildman–Crippen MR) is 112 cm³/mol. The van der Waals surface area contributed by atoms with Crippen molar-refractivity contribution in [3.05, 3.63) is 75.9 Å². The van der Waals surface area contributed by atoms with E-state index in [0.29, 0.717) is 12.8 Å². The summed E-state index contributed by atoms with van der Waals surface area (Å²) in [6.07, 6.45) is 4.05. The Hall–Kier alpha value is -1.71. The van der Waals surface area contributed by atoms with Crippen LogP contribution in [0.3, 0.4) is 0 Å². The van der Waals surface area contributed by atoms with Gasteiger partial charge in [0.25, 0.3) is 10.1 Å². The van der Waals surface area contributed by atoms with E-state index in [2.05, 4.69) is 27.9 Å². The van der Waals surface area contributed by atoms with E-state index in [4.69, 9.17) is 4.55 Å². The summed E-state index contributed by atoms with van der Waals surface area (Å²) in [7, 11) is -3.98. The number of hydrogen-bond donors (Lipinski definition) is 2. The lowest BCUT2D eigenvalue weighted by molar-refractivity contribution is -0.111. The molecule has 0 saturated heterocycles. The SMILES string of the molecule is O=C(C=CC(CCCS(=O)(=O)O)c1ccccc1)Nc1ccccc1I. The van der Waals surface area contributed by atoms with Gasteiger partial charge >= 0.3 is 0 Å². The largest absolute Gasteiger partial charge is 0.322 e. The topological polar surface area (TPSA) is 83.5 Å². The maximum absolute atomic E-state index is 12.2. The Morgan fingerprint density at radius 1 is 1.12 bits per heavy atom. The minimum atomic E-state index is -3.98. The number of allylic oxidation sites excluding steroid dienone is 1. The van der Waals surface area contributed by atoms with Crippen LogP contribution in [0.1, 0.15) is 24.3 Å². The Kier molecular flexibility index (Phi) is 7.80. The predicted octanol–water partition coefficient (Wildman–Crippen LogP) is 4.24. The smallest absolute Gasteiger partial charge is 0.264 e. The molecule has 0 saturated carbocycles. The molecule has 0 spiro atoms. The second-order valence-electron chi connectivity index (χ2n) is 5.77. The van der Waals surface area contributed by atoms with Crippen LogP contribution < -0.4 is 5.32 Å². The second-order valence-corrected chi connectivity index (χ2v) is 8.51. The maximum Gasteiger partial charge on any atom is 0.264 e. The highest BCUT2D eigenvalue weighted by atomic mass is 127. The molecule has 1 atom stereocenters. The fraction of sp³-hybridized carbons (Fsp3) is 0.211. The van der Waals surface area contributed by atoms with E-state index in [9.17, 15) is 13.2 Å². The first kappa shape index (κ1) is 20.6. The standard InChI is InChI=1S/C19H20INO4S/c20-17-10-4-5-11-18(17)21-19(22)13-12-16(9-6-14-26(23,24)25)15-7-2-1-3-8-15/h1-5,7-8,10-13,16H,6,9,14H2,(H,21,22)(H,23,24,25). The summed E-state index contributed by atoms with van der Waals surface area (Å²) < 4.78 is 31.7. The van der Waals surface area contributed by atoms with E-state index in [-0.39, 0.29) is 17.6 Å². The fourth-order valence-electron chi connectivity index (χ4n) is 2.50. The average Bonchev–Trinajstić information content (AvgIpc) is 2.60. The molecule has 0 aliphatic heterocycles. The molecular formula is C19H20INO4S. The van der Waals surface area contributed by atoms with Crippen LogP contribution in [0, 0.1) is 3.57 Å². The zero-order valence-electron chi connectivity index (χ0n) is 14.0. The molecule has 1 unspecified atom stereocenters. The first-order valence-electron chi connectivity index (χ1n) is 8.09. The Morgan fingerprint density at radius 2 is 1.77 bits per heavy atom. The molecule has 2 aromatic rings. The molecule has 1 amide bonds. The molecule has 0 aromatic heterocycles. The first-order chi connectivity index (χ1) is 12.3. The normalized spacial score (nSPS) is 12.8. The van der Waals surface area contributed by atoms with Crippen LogP contribution in [0.15, 0.2) is 66.7 Å². The Balaban J connectivity index is 2.06. The number of amides is 1. The van der Waals surface area contributed by atoms with Gasteiger partial charge in [-0.1, -0.05) is 48.5 Å². The van der Waals surface area contributed by atoms with Crippen molar-refractivity contribution in [2.45, 2.75) is 18.8 Å². The van der Waals surface area contributed by atoms with Gasteiger partial charge in [0, 0.05) is 9.49 Å². The number of carbonyl (C=O) groups is 1. The highest BCUT2D eigenvalue weighted by Crippen LogP contribution is 2.23. The molecule has 0 fully saturated rings. The number of anilines is 1. The van der Waals surface area contributed by atoms with Gasteiger partial charge in [0.2, 0.25) is 5.91 Å². The van der Waals surface area contributed by atoms with Gasteiger partial charge in [-0.2, -0.15) is 8.42 Å². The lowest BCUT2D eigenvalue weighted by Crippen LogP contribution is -2.10. The third-order valence-corrected chi connectivity index (χ3v) is 5.50. The number of rotatable bonds is 8. The van der Waals surface area contributed by atoms with Crippen molar-refractivity contribution in [3.8, 4) is 0 Å². The number of benzene rings is 2. The van der Waals surface area contributed by atoms with Gasteiger partial charge in [-0.15, -0.1) is 0 Å². The lowest BCUT2D eigenvalue weighted by Gasteiger charge is -2.13. The van der Waals surface area contributed by atoms with Gasteiger partial charge < -0.3 is 5.32 Å². The average molecular weight is 485 g/mol. The van der Waals surface area contributed by atoms with Crippen LogP contribution in [0.25, 0.3) is 0 Å². The molecule has 5 nitrogen and oxygen atoms in total. The molecule has 7 heteroatoms. The number of hydrogen-bond acceptors (Lipinski definition) is 3. The molecule has 0 aliphatic rings. The number of para-hydroxylation sites is 1. The molecule has 0 heterocycles. The van der Waals surface area contributed by atoms with E-state index in [1.165, 1.54) is 6.08 Å². The van der Waals surface area contributed by atoms with Crippen molar-refractivity contribution in [2.24, 2.45) is 0 Å². The zero-order chi connectivity index (χ0) is 19.0. The number of nitrogens with one attached hydrogen (secondary N) is 1. The van der Waals surface area contributed by atoms with Crippen molar-refractivity contribution >= 4 is 44.3 Å². The highest BCUT2D eigenvalue weighted by molar-refractivity contribution is 14.1. The van der Waals surface area contributed by atoms with Crippen LogP contribution in [0.2, 0.25) is 0 Å². The summed E-state index contributed by atoms with van der Waals surface area (Å²) >= 11 is 2.15. The summed E-state index contributed by atoms with van der Waals surface area (Å²) in [6.45, 7) is 0. The van der Waals surface area contributed by atoms with Gasteiger partial charge in [-0.05, 0) is 59.2 Å². The number of halogens is 1.